The van der Waals surface area contributed by atoms with Gasteiger partial charge in [-0.2, -0.15) is 10.5 Å². The molecule has 0 unspecified atom stereocenters. The van der Waals surface area contributed by atoms with E-state index in [4.69, 9.17) is 9.97 Å². The Morgan fingerprint density at radius 3 is 1.38 bits per heavy atom. The average molecular weight is 765 g/mol. The Hall–Kier alpha value is -8.58. The maximum atomic E-state index is 9.58. The van der Waals surface area contributed by atoms with Crippen molar-refractivity contribution in [2.24, 2.45) is 0 Å². The summed E-state index contributed by atoms with van der Waals surface area (Å²) in [5.41, 5.74) is 14.1. The third-order valence-corrected chi connectivity index (χ3v) is 11.4. The van der Waals surface area contributed by atoms with Crippen molar-refractivity contribution < 1.29 is 0 Å². The molecule has 3 aromatic heterocycles. The van der Waals surface area contributed by atoms with Gasteiger partial charge >= 0.3 is 0 Å². The predicted octanol–water partition coefficient (Wildman–Crippen LogP) is 13.1. The molecule has 0 radical (unpaired) electrons. The molecule has 0 bridgehead atoms. The normalized spacial score (nSPS) is 11.3. The van der Waals surface area contributed by atoms with Crippen LogP contribution in [0.2, 0.25) is 0 Å². The molecule has 0 N–H and O–H groups in total. The van der Waals surface area contributed by atoms with Gasteiger partial charge in [0, 0.05) is 49.6 Å². The molecule has 11 aromatic rings. The van der Waals surface area contributed by atoms with Crippen LogP contribution < -0.4 is 0 Å². The number of nitrogens with zero attached hydrogens (tertiary/aromatic N) is 6. The van der Waals surface area contributed by atoms with Crippen molar-refractivity contribution >= 4 is 43.6 Å². The summed E-state index contributed by atoms with van der Waals surface area (Å²) < 4.78 is 4.73. The fourth-order valence-electron chi connectivity index (χ4n) is 8.56. The maximum Gasteiger partial charge on any atom is 0.160 e. The molecule has 0 aliphatic carbocycles. The lowest BCUT2D eigenvalue weighted by Gasteiger charge is -2.12. The first-order valence-corrected chi connectivity index (χ1v) is 19.8. The summed E-state index contributed by atoms with van der Waals surface area (Å²) in [6, 6.07) is 71.0. The molecule has 0 saturated heterocycles. The molecule has 0 aliphatic rings. The first-order valence-electron chi connectivity index (χ1n) is 19.8. The van der Waals surface area contributed by atoms with E-state index < -0.39 is 0 Å². The number of aromatic nitrogens is 4. The topological polar surface area (TPSA) is 83.2 Å². The Morgan fingerprint density at radius 2 is 0.783 bits per heavy atom. The second kappa shape index (κ2) is 14.1. The number of para-hydroxylation sites is 3. The van der Waals surface area contributed by atoms with Crippen molar-refractivity contribution in [3.8, 4) is 68.5 Å². The number of fused-ring (bicyclic) bond motifs is 6. The van der Waals surface area contributed by atoms with Crippen LogP contribution in [0.25, 0.3) is 100 Å². The van der Waals surface area contributed by atoms with Crippen LogP contribution in [0.1, 0.15) is 11.1 Å². The minimum Gasteiger partial charge on any atom is -0.309 e. The van der Waals surface area contributed by atoms with E-state index in [1.807, 2.05) is 36.4 Å². The minimum absolute atomic E-state index is 0.509. The van der Waals surface area contributed by atoms with Crippen LogP contribution in [-0.4, -0.2) is 19.1 Å². The van der Waals surface area contributed by atoms with Crippen molar-refractivity contribution in [3.63, 3.8) is 0 Å². The highest BCUT2D eigenvalue weighted by atomic mass is 15.0. The van der Waals surface area contributed by atoms with Crippen molar-refractivity contribution in [3.05, 3.63) is 205 Å². The molecule has 3 heterocycles. The molecule has 0 spiro atoms. The van der Waals surface area contributed by atoms with Gasteiger partial charge in [0.2, 0.25) is 0 Å². The highest BCUT2D eigenvalue weighted by Gasteiger charge is 2.17. The zero-order chi connectivity index (χ0) is 40.2. The van der Waals surface area contributed by atoms with Gasteiger partial charge in [0.1, 0.15) is 0 Å². The summed E-state index contributed by atoms with van der Waals surface area (Å²) in [4.78, 5) is 9.85. The lowest BCUT2D eigenvalue weighted by Crippen LogP contribution is -1.96. The van der Waals surface area contributed by atoms with Crippen LogP contribution in [0.5, 0.6) is 0 Å². The molecule has 0 fully saturated rings. The highest BCUT2D eigenvalue weighted by Crippen LogP contribution is 2.37. The summed E-state index contributed by atoms with van der Waals surface area (Å²) in [5, 5.41) is 24.1. The fourth-order valence-corrected chi connectivity index (χ4v) is 8.56. The summed E-state index contributed by atoms with van der Waals surface area (Å²) in [6.07, 6.45) is 0. The van der Waals surface area contributed by atoms with Gasteiger partial charge in [-0.3, -0.25) is 0 Å². The Bertz CT molecular complexity index is 3430. The molecule has 60 heavy (non-hydrogen) atoms. The Kier molecular flexibility index (Phi) is 8.15. The van der Waals surface area contributed by atoms with E-state index in [-0.39, 0.29) is 0 Å². The van der Waals surface area contributed by atoms with Crippen molar-refractivity contribution in [2.45, 2.75) is 0 Å². The highest BCUT2D eigenvalue weighted by molar-refractivity contribution is 6.12. The van der Waals surface area contributed by atoms with Gasteiger partial charge in [-0.25, -0.2) is 9.97 Å². The van der Waals surface area contributed by atoms with Crippen LogP contribution in [0.4, 0.5) is 0 Å². The van der Waals surface area contributed by atoms with Gasteiger partial charge in [-0.15, -0.1) is 0 Å². The zero-order valence-corrected chi connectivity index (χ0v) is 32.2. The molecular formula is C54H32N6. The fraction of sp³-hybridized carbons (Fsp3) is 0. The lowest BCUT2D eigenvalue weighted by molar-refractivity contribution is 1.17. The molecule has 278 valence electrons. The first kappa shape index (κ1) is 34.7. The second-order valence-corrected chi connectivity index (χ2v) is 14.9. The van der Waals surface area contributed by atoms with E-state index in [9.17, 15) is 10.5 Å². The summed E-state index contributed by atoms with van der Waals surface area (Å²) >= 11 is 0. The Balaban J connectivity index is 0.951. The average Bonchev–Trinajstić information content (AvgIpc) is 3.84. The molecule has 11 rings (SSSR count). The van der Waals surface area contributed by atoms with Crippen LogP contribution in [0.15, 0.2) is 194 Å². The van der Waals surface area contributed by atoms with Gasteiger partial charge in [0.15, 0.2) is 5.82 Å². The van der Waals surface area contributed by atoms with Gasteiger partial charge in [0.05, 0.1) is 56.7 Å². The third kappa shape index (κ3) is 5.79. The predicted molar refractivity (Wildman–Crippen MR) is 242 cm³/mol. The van der Waals surface area contributed by atoms with Crippen LogP contribution in [0.3, 0.4) is 0 Å². The van der Waals surface area contributed by atoms with Gasteiger partial charge in [-0.05, 0) is 90.0 Å². The van der Waals surface area contributed by atoms with Gasteiger partial charge in [0.25, 0.3) is 0 Å². The molecule has 0 saturated carbocycles. The van der Waals surface area contributed by atoms with E-state index in [1.165, 1.54) is 32.6 Å². The third-order valence-electron chi connectivity index (χ3n) is 11.4. The molecule has 0 aliphatic heterocycles. The number of hydrogen-bond acceptors (Lipinski definition) is 4. The van der Waals surface area contributed by atoms with Gasteiger partial charge < -0.3 is 9.13 Å². The van der Waals surface area contributed by atoms with E-state index in [1.54, 1.807) is 18.2 Å². The molecular weight excluding hydrogens is 733 g/mol. The SMILES string of the molecule is N#Cc1cccc(-c2cc(-c3ccc(-c4ccc(-n5c6ccccc6c6cc(-n7c8ccccc8c8ccccc87)ccc65)cc4)cc3)nc(-c3cccc(C#N)c3)n2)c1. The second-order valence-electron chi connectivity index (χ2n) is 14.9. The lowest BCUT2D eigenvalue weighted by atomic mass is 10.0. The monoisotopic (exact) mass is 764 g/mol. The first-order chi connectivity index (χ1) is 29.6. The minimum atomic E-state index is 0.509. The van der Waals surface area contributed by atoms with Crippen LogP contribution >= 0.6 is 0 Å². The summed E-state index contributed by atoms with van der Waals surface area (Å²) in [5.74, 6) is 0.509. The Morgan fingerprint density at radius 1 is 0.333 bits per heavy atom. The van der Waals surface area contributed by atoms with E-state index in [2.05, 4.69) is 161 Å². The van der Waals surface area contributed by atoms with Crippen molar-refractivity contribution in [2.75, 3.05) is 0 Å². The van der Waals surface area contributed by atoms with E-state index in [0.29, 0.717) is 22.6 Å². The molecule has 8 aromatic carbocycles. The quantitative estimate of drug-likeness (QED) is 0.169. The maximum absolute atomic E-state index is 9.58. The van der Waals surface area contributed by atoms with Crippen LogP contribution in [0, 0.1) is 22.7 Å². The van der Waals surface area contributed by atoms with Gasteiger partial charge in [-0.1, -0.05) is 115 Å². The molecule has 6 nitrogen and oxygen atoms in total. The molecule has 0 atom stereocenters. The van der Waals surface area contributed by atoms with Crippen molar-refractivity contribution in [1.82, 2.24) is 19.1 Å². The summed E-state index contributed by atoms with van der Waals surface area (Å²) in [7, 11) is 0. The number of nitriles is 2. The van der Waals surface area contributed by atoms with Crippen molar-refractivity contribution in [1.29, 1.82) is 10.5 Å². The zero-order valence-electron chi connectivity index (χ0n) is 32.2. The van der Waals surface area contributed by atoms with E-state index in [0.717, 1.165) is 55.9 Å². The Labute approximate surface area is 345 Å². The standard InChI is InChI=1S/C54H32N6/c55-33-35-9-7-11-40(29-35)49-32-48(57-54(58-49)41-12-8-10-36(30-41)34-56)39-21-19-37(20-22-39)38-23-25-42(26-24-38)59-52-18-6-3-15-46(52)47-31-43(27-28-53(47)59)60-50-16-4-1-13-44(50)45-14-2-5-17-51(45)60/h1-32H. The summed E-state index contributed by atoms with van der Waals surface area (Å²) in [6.45, 7) is 0. The molecule has 6 heteroatoms. The number of hydrogen-bond donors (Lipinski definition) is 0. The number of benzene rings is 8. The largest absolute Gasteiger partial charge is 0.309 e. The smallest absolute Gasteiger partial charge is 0.160 e. The van der Waals surface area contributed by atoms with Crippen LogP contribution in [-0.2, 0) is 0 Å². The number of rotatable bonds is 6. The van der Waals surface area contributed by atoms with E-state index >= 15 is 0 Å². The molecule has 0 amide bonds.